The maximum atomic E-state index is 13.5. The van der Waals surface area contributed by atoms with Gasteiger partial charge in [0.05, 0.1) is 11.1 Å². The number of alkyl halides is 3. The van der Waals surface area contributed by atoms with E-state index in [-0.39, 0.29) is 12.5 Å². The van der Waals surface area contributed by atoms with Crippen molar-refractivity contribution >= 4 is 5.96 Å². The van der Waals surface area contributed by atoms with Crippen molar-refractivity contribution in [2.45, 2.75) is 61.9 Å². The van der Waals surface area contributed by atoms with Gasteiger partial charge in [-0.15, -0.1) is 4.99 Å². The average molecular weight is 529 g/mol. The molecule has 2 aromatic carbocycles. The number of nitrogens with one attached hydrogen (secondary N) is 2. The molecule has 0 amide bonds. The van der Waals surface area contributed by atoms with E-state index in [1.165, 1.54) is 17.2 Å². The van der Waals surface area contributed by atoms with Gasteiger partial charge in [0.25, 0.3) is 0 Å². The Bertz CT molecular complexity index is 1220. The number of phenolic OH excluding ortho intramolecular Hbond substituents is 1. The molecule has 0 radical (unpaired) electrons. The molecule has 1 atom stereocenters. The lowest BCUT2D eigenvalue weighted by Crippen LogP contribution is -2.71. The lowest BCUT2D eigenvalue weighted by atomic mass is 9.86. The number of aliphatic imine (C=N–C) groups is 1. The van der Waals surface area contributed by atoms with Crippen molar-refractivity contribution in [3.8, 4) is 11.9 Å². The number of guanidine groups is 1. The van der Waals surface area contributed by atoms with Crippen LogP contribution in [0.25, 0.3) is 0 Å². The highest BCUT2D eigenvalue weighted by atomic mass is 19.4. The zero-order valence-electron chi connectivity index (χ0n) is 22.2. The summed E-state index contributed by atoms with van der Waals surface area (Å²) in [5.74, 6) is -0.411. The van der Waals surface area contributed by atoms with Crippen LogP contribution in [0.15, 0.2) is 47.5 Å². The van der Waals surface area contributed by atoms with E-state index in [0.29, 0.717) is 11.5 Å². The summed E-state index contributed by atoms with van der Waals surface area (Å²) < 4.78 is 40.6. The maximum Gasteiger partial charge on any atom is 0.419 e. The van der Waals surface area contributed by atoms with Crippen LogP contribution in [0, 0.1) is 11.5 Å². The summed E-state index contributed by atoms with van der Waals surface area (Å²) in [6, 6.07) is 12.1. The molecule has 0 aromatic heterocycles. The van der Waals surface area contributed by atoms with Gasteiger partial charge in [0.2, 0.25) is 12.2 Å². The molecule has 0 spiro atoms. The first kappa shape index (κ1) is 27.7. The number of likely N-dealkylation sites (N-methyl/N-ethyl adjacent to an activating group) is 2. The van der Waals surface area contributed by atoms with Crippen LogP contribution in [-0.2, 0) is 25.4 Å². The largest absolute Gasteiger partial charge is 0.507 e. The summed E-state index contributed by atoms with van der Waals surface area (Å²) in [6.45, 7) is 0. The molecule has 0 saturated heterocycles. The van der Waals surface area contributed by atoms with Gasteiger partial charge in [-0.1, -0.05) is 30.3 Å². The van der Waals surface area contributed by atoms with Crippen LogP contribution in [0.4, 0.5) is 13.2 Å². The minimum Gasteiger partial charge on any atom is -0.507 e. The lowest BCUT2D eigenvalue weighted by Gasteiger charge is -2.52. The molecule has 0 aliphatic heterocycles. The fourth-order valence-corrected chi connectivity index (χ4v) is 6.08. The number of aryl methyl sites for hydroxylation is 1. The van der Waals surface area contributed by atoms with Crippen LogP contribution >= 0.6 is 0 Å². The van der Waals surface area contributed by atoms with Crippen molar-refractivity contribution < 1.29 is 18.3 Å². The van der Waals surface area contributed by atoms with Crippen LogP contribution in [-0.4, -0.2) is 66.3 Å². The number of nitriles is 1. The summed E-state index contributed by atoms with van der Waals surface area (Å²) in [7, 11) is 7.61. The topological polar surface area (TPSA) is 86.9 Å². The number of fused-ring (bicyclic) bond motifs is 1. The van der Waals surface area contributed by atoms with E-state index >= 15 is 0 Å². The standard InChI is InChI=1S/C28H35F3N6O/c1-36(2)27(37(3)4,17-19-9-12-24(38)23(15-19)28(29,30)31)26(13-14-26)35-25(33-18-32)34-22-11-10-20-7-5-6-8-21(20)16-22/h5-9,12,15,22,38H,10-11,13-14,16-17H2,1-4H3,(H2,33,34,35)/t22-/m0/s1. The van der Waals surface area contributed by atoms with E-state index in [1.807, 2.05) is 56.3 Å². The van der Waals surface area contributed by atoms with Gasteiger partial charge in [-0.2, -0.15) is 18.4 Å². The second kappa shape index (κ2) is 10.5. The van der Waals surface area contributed by atoms with Crippen molar-refractivity contribution in [3.05, 3.63) is 64.7 Å². The van der Waals surface area contributed by atoms with Gasteiger partial charge >= 0.3 is 6.18 Å². The number of hydrogen-bond donors (Lipinski definition) is 3. The SMILES string of the molecule is CN(C)C(Cc1ccc(O)c(C(F)(F)F)c1)(N(C)C)C1(NC(=NC#N)N[C@H]2CCc3ccccc3C2)CC1. The number of aromatic hydroxyl groups is 1. The molecule has 0 heterocycles. The Morgan fingerprint density at radius 3 is 2.34 bits per heavy atom. The van der Waals surface area contributed by atoms with Crippen LogP contribution in [0.2, 0.25) is 0 Å². The molecule has 2 aliphatic carbocycles. The zero-order chi connectivity index (χ0) is 27.7. The van der Waals surface area contributed by atoms with Crippen molar-refractivity contribution in [1.82, 2.24) is 20.4 Å². The molecule has 204 valence electrons. The summed E-state index contributed by atoms with van der Waals surface area (Å²) >= 11 is 0. The maximum absolute atomic E-state index is 13.5. The van der Waals surface area contributed by atoms with E-state index in [2.05, 4.69) is 27.8 Å². The number of halogens is 3. The Labute approximate surface area is 222 Å². The van der Waals surface area contributed by atoms with Crippen LogP contribution in [0.1, 0.15) is 41.5 Å². The van der Waals surface area contributed by atoms with Crippen molar-refractivity contribution in [2.75, 3.05) is 28.2 Å². The van der Waals surface area contributed by atoms with Gasteiger partial charge in [-0.3, -0.25) is 9.80 Å². The van der Waals surface area contributed by atoms with Crippen molar-refractivity contribution in [3.63, 3.8) is 0 Å². The molecule has 3 N–H and O–H groups in total. The van der Waals surface area contributed by atoms with E-state index in [0.717, 1.165) is 44.2 Å². The minimum atomic E-state index is -4.66. The predicted molar refractivity (Wildman–Crippen MR) is 140 cm³/mol. The van der Waals surface area contributed by atoms with Crippen molar-refractivity contribution in [2.24, 2.45) is 4.99 Å². The van der Waals surface area contributed by atoms with Gasteiger partial charge in [-0.05, 0) is 89.1 Å². The highest BCUT2D eigenvalue weighted by Gasteiger charge is 2.62. The molecule has 7 nitrogen and oxygen atoms in total. The second-order valence-electron chi connectivity index (χ2n) is 10.8. The normalized spacial score (nSPS) is 19.2. The van der Waals surface area contributed by atoms with Crippen LogP contribution in [0.3, 0.4) is 0 Å². The molecular formula is C28H35F3N6O. The number of hydrogen-bond acceptors (Lipinski definition) is 5. The Morgan fingerprint density at radius 1 is 1.11 bits per heavy atom. The molecule has 10 heteroatoms. The third-order valence-corrected chi connectivity index (χ3v) is 8.02. The number of benzene rings is 2. The number of phenols is 1. The third kappa shape index (κ3) is 5.31. The average Bonchev–Trinajstić information content (AvgIpc) is 3.63. The fraction of sp³-hybridized carbons (Fsp3) is 0.500. The summed E-state index contributed by atoms with van der Waals surface area (Å²) in [6.07, 6.45) is 1.62. The number of rotatable bonds is 7. The van der Waals surface area contributed by atoms with E-state index < -0.39 is 28.7 Å². The van der Waals surface area contributed by atoms with Gasteiger partial charge in [0.1, 0.15) is 11.4 Å². The predicted octanol–water partition coefficient (Wildman–Crippen LogP) is 3.88. The molecule has 1 fully saturated rings. The Kier molecular flexibility index (Phi) is 7.64. The fourth-order valence-electron chi connectivity index (χ4n) is 6.08. The Balaban J connectivity index is 1.62. The molecule has 2 aromatic rings. The van der Waals surface area contributed by atoms with E-state index in [9.17, 15) is 23.5 Å². The van der Waals surface area contributed by atoms with Gasteiger partial charge < -0.3 is 15.7 Å². The monoisotopic (exact) mass is 528 g/mol. The molecule has 38 heavy (non-hydrogen) atoms. The zero-order valence-corrected chi connectivity index (χ0v) is 22.2. The Morgan fingerprint density at radius 2 is 1.76 bits per heavy atom. The molecule has 2 aliphatic rings. The quantitative estimate of drug-likeness (QED) is 0.219. The molecular weight excluding hydrogens is 493 g/mol. The number of nitrogens with zero attached hydrogens (tertiary/aromatic N) is 4. The van der Waals surface area contributed by atoms with Gasteiger partial charge in [-0.25, -0.2) is 0 Å². The highest BCUT2D eigenvalue weighted by molar-refractivity contribution is 5.82. The molecule has 0 bridgehead atoms. The summed E-state index contributed by atoms with van der Waals surface area (Å²) in [5, 5.41) is 26.3. The minimum absolute atomic E-state index is 0.0971. The molecule has 1 saturated carbocycles. The summed E-state index contributed by atoms with van der Waals surface area (Å²) in [5.41, 5.74) is 0.668. The Hall–Kier alpha value is -3.29. The lowest BCUT2D eigenvalue weighted by molar-refractivity contribution is -0.138. The van der Waals surface area contributed by atoms with Crippen LogP contribution in [0.5, 0.6) is 5.75 Å². The smallest absolute Gasteiger partial charge is 0.419 e. The van der Waals surface area contributed by atoms with Gasteiger partial charge in [0.15, 0.2) is 0 Å². The van der Waals surface area contributed by atoms with E-state index in [4.69, 9.17) is 0 Å². The molecule has 4 rings (SSSR count). The van der Waals surface area contributed by atoms with Crippen LogP contribution < -0.4 is 10.6 Å². The van der Waals surface area contributed by atoms with Gasteiger partial charge in [0, 0.05) is 12.5 Å². The third-order valence-electron chi connectivity index (χ3n) is 8.02. The first-order chi connectivity index (χ1) is 17.9. The summed E-state index contributed by atoms with van der Waals surface area (Å²) in [4.78, 5) is 8.09. The van der Waals surface area contributed by atoms with E-state index in [1.54, 1.807) is 0 Å². The highest BCUT2D eigenvalue weighted by Crippen LogP contribution is 2.50. The second-order valence-corrected chi connectivity index (χ2v) is 10.8. The van der Waals surface area contributed by atoms with Crippen molar-refractivity contribution in [1.29, 1.82) is 5.26 Å². The first-order valence-corrected chi connectivity index (χ1v) is 12.7. The molecule has 0 unspecified atom stereocenters. The first-order valence-electron chi connectivity index (χ1n) is 12.7.